The van der Waals surface area contributed by atoms with E-state index >= 15 is 0 Å². The molecule has 7 nitrogen and oxygen atoms in total. The van der Waals surface area contributed by atoms with Crippen molar-refractivity contribution in [3.05, 3.63) is 12.4 Å². The molecule has 1 N–H and O–H groups in total. The highest BCUT2D eigenvalue weighted by molar-refractivity contribution is 7.89. The molecule has 0 aliphatic rings. The number of rotatable bonds is 8. The van der Waals surface area contributed by atoms with Crippen LogP contribution in [0.1, 0.15) is 6.42 Å². The van der Waals surface area contributed by atoms with Gasteiger partial charge in [0.15, 0.2) is 0 Å². The lowest BCUT2D eigenvalue weighted by Crippen LogP contribution is -2.28. The first-order chi connectivity index (χ1) is 8.52. The lowest BCUT2D eigenvalue weighted by Gasteiger charge is -2.15. The Labute approximate surface area is 107 Å². The zero-order chi connectivity index (χ0) is 13.6. The van der Waals surface area contributed by atoms with Gasteiger partial charge in [-0.25, -0.2) is 12.7 Å². The van der Waals surface area contributed by atoms with Crippen LogP contribution < -0.4 is 0 Å². The van der Waals surface area contributed by atoms with Crippen molar-refractivity contribution in [3.63, 3.8) is 0 Å². The first-order valence-electron chi connectivity index (χ1n) is 5.61. The molecule has 8 heteroatoms. The van der Waals surface area contributed by atoms with E-state index in [0.717, 1.165) is 0 Å². The Bertz CT molecular complexity index is 457. The standard InChI is InChI=1S/C10H19N3O4S/c1-12(4-3-7-17-2)18(15,16)10-8-11-13(9-10)5-6-14/h8-9,14H,3-7H2,1-2H3. The molecule has 0 aromatic carbocycles. The number of nitrogens with zero attached hydrogens (tertiary/aromatic N) is 3. The number of aliphatic hydroxyl groups is 1. The fourth-order valence-electron chi connectivity index (χ4n) is 1.43. The minimum Gasteiger partial charge on any atom is -0.394 e. The van der Waals surface area contributed by atoms with Crippen molar-refractivity contribution in [2.45, 2.75) is 17.9 Å². The Hall–Kier alpha value is -0.960. The molecule has 1 aromatic heterocycles. The second-order valence-corrected chi connectivity index (χ2v) is 5.88. The number of hydrogen-bond acceptors (Lipinski definition) is 5. The maximum atomic E-state index is 12.1. The highest BCUT2D eigenvalue weighted by Gasteiger charge is 2.22. The van der Waals surface area contributed by atoms with Crippen LogP contribution in [0.3, 0.4) is 0 Å². The predicted octanol–water partition coefficient (Wildman–Crippen LogP) is -0.468. The smallest absolute Gasteiger partial charge is 0.245 e. The Kier molecular flexibility index (Phi) is 5.73. The fraction of sp³-hybridized carbons (Fsp3) is 0.700. The lowest BCUT2D eigenvalue weighted by atomic mass is 10.5. The summed E-state index contributed by atoms with van der Waals surface area (Å²) in [7, 11) is -0.405. The topological polar surface area (TPSA) is 84.7 Å². The van der Waals surface area contributed by atoms with Crippen LogP contribution in [0.15, 0.2) is 17.3 Å². The van der Waals surface area contributed by atoms with Crippen molar-refractivity contribution in [2.24, 2.45) is 0 Å². The zero-order valence-corrected chi connectivity index (χ0v) is 11.4. The summed E-state index contributed by atoms with van der Waals surface area (Å²) in [6.45, 7) is 1.11. The molecule has 0 saturated carbocycles. The first kappa shape index (κ1) is 15.1. The summed E-state index contributed by atoms with van der Waals surface area (Å²) in [5, 5.41) is 12.6. The second kappa shape index (κ2) is 6.83. The molecule has 0 saturated heterocycles. The third-order valence-electron chi connectivity index (χ3n) is 2.47. The zero-order valence-electron chi connectivity index (χ0n) is 10.6. The van der Waals surface area contributed by atoms with Crippen molar-refractivity contribution in [2.75, 3.05) is 33.9 Å². The van der Waals surface area contributed by atoms with Gasteiger partial charge in [-0.1, -0.05) is 0 Å². The molecule has 1 heterocycles. The van der Waals surface area contributed by atoms with Crippen LogP contribution in [-0.2, 0) is 21.3 Å². The quantitative estimate of drug-likeness (QED) is 0.650. The molecule has 104 valence electrons. The van der Waals surface area contributed by atoms with Crippen molar-refractivity contribution < 1.29 is 18.3 Å². The number of sulfonamides is 1. The molecule has 1 rings (SSSR count). The molecular formula is C10H19N3O4S. The summed E-state index contributed by atoms with van der Waals surface area (Å²) >= 11 is 0. The van der Waals surface area contributed by atoms with Crippen molar-refractivity contribution in [1.29, 1.82) is 0 Å². The van der Waals surface area contributed by atoms with Gasteiger partial charge in [0.2, 0.25) is 10.0 Å². The van der Waals surface area contributed by atoms with Crippen molar-refractivity contribution in [3.8, 4) is 0 Å². The van der Waals surface area contributed by atoms with E-state index < -0.39 is 10.0 Å². The van der Waals surface area contributed by atoms with E-state index in [1.807, 2.05) is 0 Å². The number of methoxy groups -OCH3 is 1. The lowest BCUT2D eigenvalue weighted by molar-refractivity contribution is 0.189. The van der Waals surface area contributed by atoms with Crippen LogP contribution >= 0.6 is 0 Å². The van der Waals surface area contributed by atoms with Gasteiger partial charge in [0.1, 0.15) is 4.90 Å². The van der Waals surface area contributed by atoms with Crippen molar-refractivity contribution >= 4 is 10.0 Å². The highest BCUT2D eigenvalue weighted by atomic mass is 32.2. The maximum absolute atomic E-state index is 12.1. The van der Waals surface area contributed by atoms with E-state index in [1.54, 1.807) is 7.11 Å². The van der Waals surface area contributed by atoms with Gasteiger partial charge in [-0.05, 0) is 6.42 Å². The van der Waals surface area contributed by atoms with E-state index in [-0.39, 0.29) is 18.0 Å². The van der Waals surface area contributed by atoms with Gasteiger partial charge >= 0.3 is 0 Å². The normalized spacial score (nSPS) is 12.2. The molecule has 0 aliphatic carbocycles. The van der Waals surface area contributed by atoms with Crippen LogP contribution in [0.4, 0.5) is 0 Å². The molecule has 0 fully saturated rings. The van der Waals surface area contributed by atoms with Gasteiger partial charge in [0.25, 0.3) is 0 Å². The Morgan fingerprint density at radius 1 is 1.56 bits per heavy atom. The molecule has 18 heavy (non-hydrogen) atoms. The van der Waals surface area contributed by atoms with E-state index in [1.165, 1.54) is 28.4 Å². The van der Waals surface area contributed by atoms with E-state index in [2.05, 4.69) is 5.10 Å². The summed E-state index contributed by atoms with van der Waals surface area (Å²) in [5.74, 6) is 0. The van der Waals surface area contributed by atoms with E-state index in [0.29, 0.717) is 19.6 Å². The fourth-order valence-corrected chi connectivity index (χ4v) is 2.60. The third kappa shape index (κ3) is 3.77. The molecule has 0 amide bonds. The summed E-state index contributed by atoms with van der Waals surface area (Å²) in [6, 6.07) is 0. The van der Waals surface area contributed by atoms with Gasteiger partial charge in [0.05, 0.1) is 19.3 Å². The molecule has 0 spiro atoms. The number of aliphatic hydroxyl groups excluding tert-OH is 1. The summed E-state index contributed by atoms with van der Waals surface area (Å²) in [5.41, 5.74) is 0. The predicted molar refractivity (Wildman–Crippen MR) is 65.6 cm³/mol. The van der Waals surface area contributed by atoms with Crippen molar-refractivity contribution in [1.82, 2.24) is 14.1 Å². The Balaban J connectivity index is 2.71. The highest BCUT2D eigenvalue weighted by Crippen LogP contribution is 2.13. The molecule has 0 unspecified atom stereocenters. The monoisotopic (exact) mass is 277 g/mol. The van der Waals surface area contributed by atoms with Crippen LogP contribution in [0.2, 0.25) is 0 Å². The summed E-state index contributed by atoms with van der Waals surface area (Å²) in [4.78, 5) is 0.135. The summed E-state index contributed by atoms with van der Waals surface area (Å²) in [6.07, 6.45) is 3.34. The number of hydrogen-bond donors (Lipinski definition) is 1. The second-order valence-electron chi connectivity index (χ2n) is 3.84. The molecule has 0 radical (unpaired) electrons. The van der Waals surface area contributed by atoms with E-state index in [4.69, 9.17) is 9.84 Å². The average molecular weight is 277 g/mol. The van der Waals surface area contributed by atoms with Gasteiger partial charge < -0.3 is 9.84 Å². The minimum atomic E-state index is -3.50. The van der Waals surface area contributed by atoms with Crippen LogP contribution in [0.5, 0.6) is 0 Å². The third-order valence-corrected chi connectivity index (χ3v) is 4.28. The molecule has 0 aliphatic heterocycles. The average Bonchev–Trinajstić information content (AvgIpc) is 2.79. The Morgan fingerprint density at radius 3 is 2.89 bits per heavy atom. The van der Waals surface area contributed by atoms with Crippen LogP contribution in [-0.4, -0.2) is 61.5 Å². The Morgan fingerprint density at radius 2 is 2.28 bits per heavy atom. The van der Waals surface area contributed by atoms with Gasteiger partial charge in [0, 0.05) is 33.5 Å². The van der Waals surface area contributed by atoms with Gasteiger partial charge in [-0.2, -0.15) is 5.10 Å². The molecule has 1 aromatic rings. The summed E-state index contributed by atoms with van der Waals surface area (Å²) < 4.78 is 31.8. The van der Waals surface area contributed by atoms with Gasteiger partial charge in [-0.15, -0.1) is 0 Å². The number of aromatic nitrogens is 2. The SMILES string of the molecule is COCCCN(C)S(=O)(=O)c1cnn(CCO)c1. The largest absolute Gasteiger partial charge is 0.394 e. The number of ether oxygens (including phenoxy) is 1. The van der Waals surface area contributed by atoms with Crippen LogP contribution in [0.25, 0.3) is 0 Å². The molecular weight excluding hydrogens is 258 g/mol. The molecule has 0 bridgehead atoms. The van der Waals surface area contributed by atoms with Gasteiger partial charge in [-0.3, -0.25) is 4.68 Å². The van der Waals surface area contributed by atoms with E-state index in [9.17, 15) is 8.42 Å². The first-order valence-corrected chi connectivity index (χ1v) is 7.05. The molecule has 0 atom stereocenters. The van der Waals surface area contributed by atoms with Crippen LogP contribution in [0, 0.1) is 0 Å². The maximum Gasteiger partial charge on any atom is 0.245 e. The minimum absolute atomic E-state index is 0.0785.